The van der Waals surface area contributed by atoms with Crippen molar-refractivity contribution in [2.45, 2.75) is 32.9 Å². The van der Waals surface area contributed by atoms with Gasteiger partial charge in [-0.2, -0.15) is 0 Å². The fraction of sp³-hybridized carbons (Fsp3) is 0.462. The Bertz CT molecular complexity index is 452. The normalized spacial score (nSPS) is 12.2. The lowest BCUT2D eigenvalue weighted by Gasteiger charge is -2.15. The number of benzene rings is 1. The second kappa shape index (κ2) is 7.58. The van der Waals surface area contributed by atoms with Crippen LogP contribution in [0.15, 0.2) is 12.1 Å². The van der Waals surface area contributed by atoms with E-state index < -0.39 is 12.0 Å². The van der Waals surface area contributed by atoms with Crippen molar-refractivity contribution in [2.24, 2.45) is 0 Å². The predicted octanol–water partition coefficient (Wildman–Crippen LogP) is 3.34. The zero-order valence-corrected chi connectivity index (χ0v) is 12.4. The van der Waals surface area contributed by atoms with Crippen molar-refractivity contribution in [3.63, 3.8) is 0 Å². The van der Waals surface area contributed by atoms with Gasteiger partial charge in [0, 0.05) is 17.1 Å². The molecular formula is C13H17Cl2NO3. The van der Waals surface area contributed by atoms with Gasteiger partial charge >= 0.3 is 5.97 Å². The van der Waals surface area contributed by atoms with Crippen LogP contribution in [0.1, 0.15) is 25.8 Å². The summed E-state index contributed by atoms with van der Waals surface area (Å²) in [6.45, 7) is 4.44. The van der Waals surface area contributed by atoms with Crippen LogP contribution in [0.4, 0.5) is 0 Å². The summed E-state index contributed by atoms with van der Waals surface area (Å²) < 4.78 is 5.59. The first kappa shape index (κ1) is 16.1. The van der Waals surface area contributed by atoms with Gasteiger partial charge in [0.25, 0.3) is 0 Å². The minimum Gasteiger partial charge on any atom is -0.492 e. The molecule has 2 N–H and O–H groups in total. The van der Waals surface area contributed by atoms with Gasteiger partial charge in [0.15, 0.2) is 0 Å². The third-order valence-electron chi connectivity index (χ3n) is 2.50. The largest absolute Gasteiger partial charge is 0.492 e. The summed E-state index contributed by atoms with van der Waals surface area (Å²) >= 11 is 12.0. The molecule has 0 heterocycles. The zero-order chi connectivity index (χ0) is 14.4. The van der Waals surface area contributed by atoms with Crippen LogP contribution in [0.5, 0.6) is 5.75 Å². The van der Waals surface area contributed by atoms with Gasteiger partial charge in [-0.1, -0.05) is 30.1 Å². The molecule has 19 heavy (non-hydrogen) atoms. The number of hydrogen-bond donors (Lipinski definition) is 2. The van der Waals surface area contributed by atoms with E-state index in [1.54, 1.807) is 19.1 Å². The maximum Gasteiger partial charge on any atom is 0.320 e. The van der Waals surface area contributed by atoms with E-state index in [0.29, 0.717) is 28.9 Å². The van der Waals surface area contributed by atoms with E-state index in [2.05, 4.69) is 5.32 Å². The topological polar surface area (TPSA) is 58.6 Å². The van der Waals surface area contributed by atoms with E-state index >= 15 is 0 Å². The third-order valence-corrected chi connectivity index (χ3v) is 3.00. The highest BCUT2D eigenvalue weighted by atomic mass is 35.5. The van der Waals surface area contributed by atoms with Gasteiger partial charge in [-0.3, -0.25) is 4.79 Å². The van der Waals surface area contributed by atoms with Gasteiger partial charge < -0.3 is 15.2 Å². The number of carboxylic acids is 1. The molecule has 4 nitrogen and oxygen atoms in total. The molecule has 0 saturated carbocycles. The fourth-order valence-corrected chi connectivity index (χ4v) is 2.05. The highest BCUT2D eigenvalue weighted by Crippen LogP contribution is 2.32. The molecule has 0 saturated heterocycles. The summed E-state index contributed by atoms with van der Waals surface area (Å²) in [5, 5.41) is 12.6. The average Bonchev–Trinajstić information content (AvgIpc) is 2.34. The number of ether oxygens (including phenoxy) is 1. The van der Waals surface area contributed by atoms with Crippen molar-refractivity contribution in [3.8, 4) is 5.75 Å². The Morgan fingerprint density at radius 1 is 1.47 bits per heavy atom. The Labute approximate surface area is 122 Å². The first-order valence-corrected chi connectivity index (χ1v) is 6.78. The van der Waals surface area contributed by atoms with E-state index in [-0.39, 0.29) is 0 Å². The van der Waals surface area contributed by atoms with Crippen molar-refractivity contribution in [1.82, 2.24) is 5.32 Å². The minimum absolute atomic E-state index is 0.326. The van der Waals surface area contributed by atoms with Crippen molar-refractivity contribution in [1.29, 1.82) is 0 Å². The highest BCUT2D eigenvalue weighted by Gasteiger charge is 2.14. The zero-order valence-electron chi connectivity index (χ0n) is 10.9. The molecule has 1 rings (SSSR count). The van der Waals surface area contributed by atoms with E-state index in [9.17, 15) is 4.79 Å². The first-order valence-electron chi connectivity index (χ1n) is 6.02. The van der Waals surface area contributed by atoms with Crippen LogP contribution in [0.2, 0.25) is 10.0 Å². The monoisotopic (exact) mass is 305 g/mol. The number of rotatable bonds is 7. The molecule has 1 unspecified atom stereocenters. The number of aliphatic carboxylic acids is 1. The Kier molecular flexibility index (Phi) is 6.42. The average molecular weight is 306 g/mol. The van der Waals surface area contributed by atoms with Gasteiger partial charge in [0.2, 0.25) is 0 Å². The quantitative estimate of drug-likeness (QED) is 0.811. The minimum atomic E-state index is -0.913. The summed E-state index contributed by atoms with van der Waals surface area (Å²) in [7, 11) is 0. The molecule has 0 aliphatic rings. The van der Waals surface area contributed by atoms with Crippen molar-refractivity contribution >= 4 is 29.2 Å². The van der Waals surface area contributed by atoms with Crippen molar-refractivity contribution in [3.05, 3.63) is 27.7 Å². The summed E-state index contributed by atoms with van der Waals surface area (Å²) in [6.07, 6.45) is 0.858. The van der Waals surface area contributed by atoms with Crippen LogP contribution in [0.3, 0.4) is 0 Å². The Morgan fingerprint density at radius 2 is 2.16 bits per heavy atom. The lowest BCUT2D eigenvalue weighted by molar-refractivity contribution is -0.139. The van der Waals surface area contributed by atoms with E-state index in [0.717, 1.165) is 12.0 Å². The van der Waals surface area contributed by atoms with Gasteiger partial charge in [0.1, 0.15) is 11.8 Å². The molecule has 6 heteroatoms. The predicted molar refractivity (Wildman–Crippen MR) is 76.2 cm³/mol. The maximum atomic E-state index is 10.8. The molecule has 0 amide bonds. The second-order valence-corrected chi connectivity index (χ2v) is 5.01. The van der Waals surface area contributed by atoms with Crippen molar-refractivity contribution < 1.29 is 14.6 Å². The van der Waals surface area contributed by atoms with E-state index in [1.807, 2.05) is 6.92 Å². The van der Waals surface area contributed by atoms with Crippen LogP contribution in [-0.2, 0) is 11.3 Å². The lowest BCUT2D eigenvalue weighted by atomic mass is 10.2. The van der Waals surface area contributed by atoms with Crippen LogP contribution in [0.25, 0.3) is 0 Å². The number of hydrogen-bond acceptors (Lipinski definition) is 3. The molecule has 0 bridgehead atoms. The molecule has 0 aliphatic carbocycles. The molecule has 0 fully saturated rings. The SMILES string of the molecule is CCCOc1c(Cl)cc(Cl)cc1CNC(C)C(=O)O. The Balaban J connectivity index is 2.87. The molecule has 1 aromatic carbocycles. The smallest absolute Gasteiger partial charge is 0.320 e. The molecule has 1 aromatic rings. The maximum absolute atomic E-state index is 10.8. The molecule has 0 aromatic heterocycles. The van der Waals surface area contributed by atoms with Gasteiger partial charge in [-0.05, 0) is 25.5 Å². The van der Waals surface area contributed by atoms with Crippen LogP contribution in [0, 0.1) is 0 Å². The highest BCUT2D eigenvalue weighted by molar-refractivity contribution is 6.35. The van der Waals surface area contributed by atoms with Gasteiger partial charge in [0.05, 0.1) is 11.6 Å². The third kappa shape index (κ3) is 4.90. The molecular weight excluding hydrogens is 289 g/mol. The first-order chi connectivity index (χ1) is 8.95. The molecule has 0 radical (unpaired) electrons. The summed E-state index contributed by atoms with van der Waals surface area (Å²) in [5.74, 6) is -0.359. The summed E-state index contributed by atoms with van der Waals surface area (Å²) in [6, 6.07) is 2.68. The number of halogens is 2. The number of carbonyl (C=O) groups is 1. The van der Waals surface area contributed by atoms with Crippen LogP contribution in [-0.4, -0.2) is 23.7 Å². The van der Waals surface area contributed by atoms with Gasteiger partial charge in [-0.25, -0.2) is 0 Å². The lowest BCUT2D eigenvalue weighted by Crippen LogP contribution is -2.33. The number of carboxylic acid groups (broad SMARTS) is 1. The Morgan fingerprint density at radius 3 is 2.74 bits per heavy atom. The molecule has 0 spiro atoms. The molecule has 0 aliphatic heterocycles. The van der Waals surface area contributed by atoms with Crippen molar-refractivity contribution in [2.75, 3.05) is 6.61 Å². The second-order valence-electron chi connectivity index (χ2n) is 4.17. The summed E-state index contributed by atoms with van der Waals surface area (Å²) in [4.78, 5) is 10.8. The number of nitrogens with one attached hydrogen (secondary N) is 1. The van der Waals surface area contributed by atoms with E-state index in [1.165, 1.54) is 0 Å². The van der Waals surface area contributed by atoms with Crippen LogP contribution < -0.4 is 10.1 Å². The fourth-order valence-electron chi connectivity index (χ4n) is 1.46. The van der Waals surface area contributed by atoms with Crippen LogP contribution >= 0.6 is 23.2 Å². The summed E-state index contributed by atoms with van der Waals surface area (Å²) in [5.41, 5.74) is 0.749. The Hall–Kier alpha value is -0.970. The standard InChI is InChI=1S/C13H17Cl2NO3/c1-3-4-19-12-9(5-10(14)6-11(12)15)7-16-8(2)13(17)18/h5-6,8,16H,3-4,7H2,1-2H3,(H,17,18). The van der Waals surface area contributed by atoms with E-state index in [4.69, 9.17) is 33.0 Å². The molecule has 1 atom stereocenters. The van der Waals surface area contributed by atoms with Gasteiger partial charge in [-0.15, -0.1) is 0 Å². The molecule has 106 valence electrons.